The molecular weight excluding hydrogens is 436 g/mol. The molecule has 3 aromatic rings. The van der Waals surface area contributed by atoms with Gasteiger partial charge in [-0.3, -0.25) is 9.78 Å². The summed E-state index contributed by atoms with van der Waals surface area (Å²) in [5.41, 5.74) is 5.39. The maximum absolute atomic E-state index is 12.5. The maximum Gasteiger partial charge on any atom is 0.244 e. The number of carbonyl (C=O) groups excluding carboxylic acids is 1. The summed E-state index contributed by atoms with van der Waals surface area (Å²) in [4.78, 5) is 16.8. The van der Waals surface area contributed by atoms with E-state index in [2.05, 4.69) is 16.4 Å². The summed E-state index contributed by atoms with van der Waals surface area (Å²) in [6.45, 7) is 4.07. The number of methoxy groups -OCH3 is 2. The highest BCUT2D eigenvalue weighted by Crippen LogP contribution is 2.27. The Bertz CT molecular complexity index is 1100. The normalized spacial score (nSPS) is 11.7. The van der Waals surface area contributed by atoms with Crippen molar-refractivity contribution in [1.82, 2.24) is 10.3 Å². The molecule has 5 nitrogen and oxygen atoms in total. The summed E-state index contributed by atoms with van der Waals surface area (Å²) in [7, 11) is 3.30. The van der Waals surface area contributed by atoms with Crippen LogP contribution in [0.3, 0.4) is 0 Å². The Morgan fingerprint density at radius 2 is 1.57 bits per heavy atom. The Labute approximate surface area is 208 Å². The number of rotatable bonds is 11. The highest BCUT2D eigenvalue weighted by atomic mass is 16.5. The molecule has 1 aromatic heterocycles. The first kappa shape index (κ1) is 25.8. The minimum atomic E-state index is -0.102. The highest BCUT2D eigenvalue weighted by molar-refractivity contribution is 5.89. The fourth-order valence-electron chi connectivity index (χ4n) is 3.88. The van der Waals surface area contributed by atoms with Gasteiger partial charge in [0.2, 0.25) is 5.91 Å². The van der Waals surface area contributed by atoms with Gasteiger partial charge in [0, 0.05) is 24.0 Å². The van der Waals surface area contributed by atoms with E-state index in [0.717, 1.165) is 53.2 Å². The van der Waals surface area contributed by atoms with Crippen LogP contribution < -0.4 is 14.8 Å². The van der Waals surface area contributed by atoms with Crippen LogP contribution in [0.2, 0.25) is 0 Å². The minimum absolute atomic E-state index is 0.0933. The third kappa shape index (κ3) is 7.85. The van der Waals surface area contributed by atoms with Crippen LogP contribution in [0.15, 0.2) is 85.1 Å². The third-order valence-corrected chi connectivity index (χ3v) is 5.90. The average Bonchev–Trinajstić information content (AvgIpc) is 2.88. The molecule has 0 fully saturated rings. The van der Waals surface area contributed by atoms with Crippen molar-refractivity contribution >= 4 is 11.5 Å². The first-order valence-electron chi connectivity index (χ1n) is 11.9. The van der Waals surface area contributed by atoms with Gasteiger partial charge < -0.3 is 14.8 Å². The van der Waals surface area contributed by atoms with E-state index < -0.39 is 0 Å². The Hall–Kier alpha value is -3.86. The standard InChI is InChI=1S/C30H34N2O3/c1-22(8-5-9-24-10-7-21-31-23(24)2)32-30(33)12-6-11-29(25-13-17-27(34-3)18-14-25)26-15-19-28(35-4)20-16-26/h6-7,10-22H,5,8-9H2,1-4H3,(H,32,33)/b12-6+. The molecule has 1 amide bonds. The highest BCUT2D eigenvalue weighted by Gasteiger charge is 2.08. The second kappa shape index (κ2) is 13.1. The van der Waals surface area contributed by atoms with Gasteiger partial charge in [0.05, 0.1) is 14.2 Å². The number of nitrogens with zero attached hydrogens (tertiary/aromatic N) is 1. The Balaban J connectivity index is 1.63. The zero-order valence-corrected chi connectivity index (χ0v) is 21.0. The van der Waals surface area contributed by atoms with Gasteiger partial charge in [-0.2, -0.15) is 0 Å². The summed E-state index contributed by atoms with van der Waals surface area (Å²) < 4.78 is 10.6. The van der Waals surface area contributed by atoms with Crippen molar-refractivity contribution in [2.24, 2.45) is 0 Å². The van der Waals surface area contributed by atoms with E-state index in [1.165, 1.54) is 5.56 Å². The van der Waals surface area contributed by atoms with Crippen molar-refractivity contribution < 1.29 is 14.3 Å². The fourth-order valence-corrected chi connectivity index (χ4v) is 3.88. The molecular formula is C30H34N2O3. The molecule has 1 heterocycles. The number of amides is 1. The summed E-state index contributed by atoms with van der Waals surface area (Å²) in [5, 5.41) is 3.06. The molecule has 3 rings (SSSR count). The zero-order valence-electron chi connectivity index (χ0n) is 21.0. The topological polar surface area (TPSA) is 60.5 Å². The first-order valence-corrected chi connectivity index (χ1v) is 11.9. The third-order valence-electron chi connectivity index (χ3n) is 5.90. The second-order valence-electron chi connectivity index (χ2n) is 8.45. The van der Waals surface area contributed by atoms with Crippen LogP contribution in [-0.4, -0.2) is 31.2 Å². The quantitative estimate of drug-likeness (QED) is 0.279. The molecule has 2 aromatic carbocycles. The van der Waals surface area contributed by atoms with Crippen molar-refractivity contribution in [2.45, 2.75) is 39.2 Å². The van der Waals surface area contributed by atoms with Crippen LogP contribution in [-0.2, 0) is 11.2 Å². The lowest BCUT2D eigenvalue weighted by atomic mass is 9.97. The molecule has 35 heavy (non-hydrogen) atoms. The number of aryl methyl sites for hydroxylation is 2. The van der Waals surface area contributed by atoms with E-state index in [1.54, 1.807) is 26.4 Å². The van der Waals surface area contributed by atoms with Crippen molar-refractivity contribution in [3.63, 3.8) is 0 Å². The molecule has 0 spiro atoms. The van der Waals surface area contributed by atoms with Gasteiger partial charge in [0.1, 0.15) is 11.5 Å². The Kier molecular flexibility index (Phi) is 9.67. The number of nitrogens with one attached hydrogen (secondary N) is 1. The van der Waals surface area contributed by atoms with Crippen LogP contribution in [0.25, 0.3) is 5.57 Å². The van der Waals surface area contributed by atoms with Gasteiger partial charge in [0.25, 0.3) is 0 Å². The number of benzene rings is 2. The van der Waals surface area contributed by atoms with Crippen molar-refractivity contribution in [2.75, 3.05) is 14.2 Å². The lowest BCUT2D eigenvalue weighted by molar-refractivity contribution is -0.117. The summed E-state index contributed by atoms with van der Waals surface area (Å²) >= 11 is 0. The van der Waals surface area contributed by atoms with Gasteiger partial charge in [-0.1, -0.05) is 42.5 Å². The van der Waals surface area contributed by atoms with Gasteiger partial charge in [-0.05, 0) is 85.7 Å². The Morgan fingerprint density at radius 3 is 2.11 bits per heavy atom. The molecule has 0 bridgehead atoms. The van der Waals surface area contributed by atoms with Crippen LogP contribution in [0.5, 0.6) is 11.5 Å². The molecule has 0 saturated carbocycles. The lowest BCUT2D eigenvalue weighted by Crippen LogP contribution is -2.31. The molecule has 0 aliphatic rings. The van der Waals surface area contributed by atoms with Crippen molar-refractivity contribution in [3.8, 4) is 11.5 Å². The molecule has 5 heteroatoms. The van der Waals surface area contributed by atoms with Crippen LogP contribution in [0, 0.1) is 6.92 Å². The number of ether oxygens (including phenoxy) is 2. The van der Waals surface area contributed by atoms with Crippen LogP contribution in [0.1, 0.15) is 42.1 Å². The molecule has 1 atom stereocenters. The number of hydrogen-bond donors (Lipinski definition) is 1. The van der Waals surface area contributed by atoms with Crippen molar-refractivity contribution in [1.29, 1.82) is 0 Å². The van der Waals surface area contributed by atoms with E-state index in [-0.39, 0.29) is 11.9 Å². The number of pyridine rings is 1. The summed E-state index contributed by atoms with van der Waals surface area (Å²) in [5.74, 6) is 1.49. The van der Waals surface area contributed by atoms with E-state index >= 15 is 0 Å². The van der Waals surface area contributed by atoms with E-state index in [1.807, 2.05) is 80.7 Å². The Morgan fingerprint density at radius 1 is 0.971 bits per heavy atom. The molecule has 1 N–H and O–H groups in total. The summed E-state index contributed by atoms with van der Waals surface area (Å²) in [6.07, 6.45) is 10.0. The largest absolute Gasteiger partial charge is 0.497 e. The summed E-state index contributed by atoms with van der Waals surface area (Å²) in [6, 6.07) is 19.9. The average molecular weight is 471 g/mol. The van der Waals surface area contributed by atoms with Gasteiger partial charge in [-0.25, -0.2) is 0 Å². The van der Waals surface area contributed by atoms with Gasteiger partial charge >= 0.3 is 0 Å². The molecule has 1 unspecified atom stereocenters. The SMILES string of the molecule is COc1ccc(C(=C/C=C/C(=O)NC(C)CCCc2cccnc2C)c2ccc(OC)cc2)cc1. The molecule has 0 saturated heterocycles. The van der Waals surface area contributed by atoms with E-state index in [4.69, 9.17) is 9.47 Å². The van der Waals surface area contributed by atoms with Gasteiger partial charge in [-0.15, -0.1) is 0 Å². The van der Waals surface area contributed by atoms with E-state index in [9.17, 15) is 4.79 Å². The number of hydrogen-bond acceptors (Lipinski definition) is 4. The van der Waals surface area contributed by atoms with Crippen molar-refractivity contribution in [3.05, 3.63) is 107 Å². The molecule has 182 valence electrons. The number of allylic oxidation sites excluding steroid dienone is 2. The molecule has 0 aliphatic heterocycles. The molecule has 0 aliphatic carbocycles. The minimum Gasteiger partial charge on any atom is -0.497 e. The predicted molar refractivity (Wildman–Crippen MR) is 142 cm³/mol. The molecule has 0 radical (unpaired) electrons. The van der Waals surface area contributed by atoms with Crippen LogP contribution >= 0.6 is 0 Å². The van der Waals surface area contributed by atoms with E-state index in [0.29, 0.717) is 0 Å². The van der Waals surface area contributed by atoms with Gasteiger partial charge in [0.15, 0.2) is 0 Å². The monoisotopic (exact) mass is 470 g/mol. The maximum atomic E-state index is 12.5. The van der Waals surface area contributed by atoms with Crippen LogP contribution in [0.4, 0.5) is 0 Å². The second-order valence-corrected chi connectivity index (χ2v) is 8.45. The fraction of sp³-hybridized carbons (Fsp3) is 0.267. The number of carbonyl (C=O) groups is 1. The predicted octanol–water partition coefficient (Wildman–Crippen LogP) is 5.92. The zero-order chi connectivity index (χ0) is 25.0. The number of aromatic nitrogens is 1. The first-order chi connectivity index (χ1) is 17.0. The lowest BCUT2D eigenvalue weighted by Gasteiger charge is -2.13. The smallest absolute Gasteiger partial charge is 0.244 e.